The molecule has 26 heavy (non-hydrogen) atoms. The molecule has 0 radical (unpaired) electrons. The molecule has 0 spiro atoms. The summed E-state index contributed by atoms with van der Waals surface area (Å²) in [7, 11) is 3.03. The summed E-state index contributed by atoms with van der Waals surface area (Å²) in [5, 5.41) is 3.60. The Balaban J connectivity index is 2.13. The van der Waals surface area contributed by atoms with E-state index in [9.17, 15) is 9.59 Å². The van der Waals surface area contributed by atoms with Crippen molar-refractivity contribution in [2.75, 3.05) is 11.9 Å². The highest BCUT2D eigenvalue weighted by molar-refractivity contribution is 6.29. The molecule has 1 N–H and O–H groups in total. The molecule has 0 amide bonds. The lowest BCUT2D eigenvalue weighted by molar-refractivity contribution is 0.687. The lowest BCUT2D eigenvalue weighted by Crippen LogP contribution is -2.37. The Morgan fingerprint density at radius 2 is 1.85 bits per heavy atom. The monoisotopic (exact) mass is 375 g/mol. The minimum absolute atomic E-state index is 0.178. The number of hydrogen-bond donors (Lipinski definition) is 1. The van der Waals surface area contributed by atoms with Crippen molar-refractivity contribution in [2.45, 2.75) is 20.4 Å². The summed E-state index contributed by atoms with van der Waals surface area (Å²) >= 11 is 6.31. The van der Waals surface area contributed by atoms with Crippen molar-refractivity contribution in [3.05, 3.63) is 56.0 Å². The van der Waals surface area contributed by atoms with Crippen LogP contribution in [0, 0.1) is 5.92 Å². The van der Waals surface area contributed by atoms with E-state index in [2.05, 4.69) is 24.1 Å². The number of nitrogens with zero attached hydrogens (tertiary/aromatic N) is 4. The number of imidazole rings is 1. The molecule has 0 unspecified atom stereocenters. The number of para-hydroxylation sites is 1. The molecule has 8 heteroatoms. The average molecular weight is 376 g/mol. The molecule has 138 valence electrons. The van der Waals surface area contributed by atoms with Gasteiger partial charge in [-0.25, -0.2) is 4.79 Å². The van der Waals surface area contributed by atoms with Crippen LogP contribution >= 0.6 is 11.6 Å². The van der Waals surface area contributed by atoms with Gasteiger partial charge in [0.2, 0.25) is 5.28 Å². The van der Waals surface area contributed by atoms with Crippen LogP contribution in [0.15, 0.2) is 33.9 Å². The van der Waals surface area contributed by atoms with Gasteiger partial charge in [-0.15, -0.1) is 0 Å². The summed E-state index contributed by atoms with van der Waals surface area (Å²) in [6.07, 6.45) is 0. The average Bonchev–Trinajstić information content (AvgIpc) is 2.94. The van der Waals surface area contributed by atoms with E-state index in [1.54, 1.807) is 11.6 Å². The van der Waals surface area contributed by atoms with Crippen molar-refractivity contribution in [3.63, 3.8) is 0 Å². The Labute approximate surface area is 155 Å². The molecule has 3 aromatic rings. The molecule has 0 aliphatic heterocycles. The normalized spacial score (nSPS) is 11.5. The van der Waals surface area contributed by atoms with Crippen molar-refractivity contribution in [1.29, 1.82) is 0 Å². The third-order valence-corrected chi connectivity index (χ3v) is 4.64. The number of benzene rings is 1. The zero-order valence-electron chi connectivity index (χ0n) is 15.3. The predicted octanol–water partition coefficient (Wildman–Crippen LogP) is 2.20. The Kier molecular flexibility index (Phi) is 4.91. The van der Waals surface area contributed by atoms with E-state index >= 15 is 0 Å². The van der Waals surface area contributed by atoms with E-state index in [0.29, 0.717) is 18.0 Å². The van der Waals surface area contributed by atoms with Crippen LogP contribution in [0.4, 0.5) is 5.69 Å². The van der Waals surface area contributed by atoms with Crippen LogP contribution in [-0.4, -0.2) is 25.2 Å². The van der Waals surface area contributed by atoms with E-state index in [1.165, 1.54) is 11.6 Å². The molecule has 7 nitrogen and oxygen atoms in total. The fourth-order valence-corrected chi connectivity index (χ4v) is 3.10. The number of halogens is 1. The van der Waals surface area contributed by atoms with Gasteiger partial charge in [-0.3, -0.25) is 13.9 Å². The van der Waals surface area contributed by atoms with Crippen molar-refractivity contribution in [2.24, 2.45) is 20.0 Å². The van der Waals surface area contributed by atoms with Gasteiger partial charge in [-0.1, -0.05) is 32.0 Å². The van der Waals surface area contributed by atoms with Gasteiger partial charge in [0.05, 0.1) is 6.54 Å². The largest absolute Gasteiger partial charge is 0.385 e. The molecule has 0 aliphatic carbocycles. The molecular formula is C18H22ClN5O2. The van der Waals surface area contributed by atoms with Gasteiger partial charge >= 0.3 is 5.69 Å². The number of fused-ring (bicyclic) bond motifs is 1. The van der Waals surface area contributed by atoms with Crippen molar-refractivity contribution in [1.82, 2.24) is 18.7 Å². The molecule has 2 heterocycles. The van der Waals surface area contributed by atoms with E-state index in [0.717, 1.165) is 22.4 Å². The van der Waals surface area contributed by atoms with E-state index in [4.69, 9.17) is 11.6 Å². The summed E-state index contributed by atoms with van der Waals surface area (Å²) in [5.74, 6) is 0.502. The fraction of sp³-hybridized carbons (Fsp3) is 0.389. The van der Waals surface area contributed by atoms with Crippen molar-refractivity contribution in [3.8, 4) is 0 Å². The van der Waals surface area contributed by atoms with E-state index in [-0.39, 0.29) is 10.9 Å². The number of nitrogens with one attached hydrogen (secondary N) is 1. The molecule has 0 aliphatic rings. The topological polar surface area (TPSA) is 73.8 Å². The third-order valence-electron chi connectivity index (χ3n) is 4.35. The highest BCUT2D eigenvalue weighted by atomic mass is 35.5. The van der Waals surface area contributed by atoms with Gasteiger partial charge in [-0.05, 0) is 29.1 Å². The molecule has 0 fully saturated rings. The molecule has 1 aromatic carbocycles. The first kappa shape index (κ1) is 18.3. The van der Waals surface area contributed by atoms with Gasteiger partial charge in [-0.2, -0.15) is 4.98 Å². The van der Waals surface area contributed by atoms with Crippen LogP contribution in [0.2, 0.25) is 5.28 Å². The maximum Gasteiger partial charge on any atom is 0.332 e. The Morgan fingerprint density at radius 1 is 1.15 bits per heavy atom. The van der Waals surface area contributed by atoms with Gasteiger partial charge in [0.1, 0.15) is 0 Å². The first-order valence-corrected chi connectivity index (χ1v) is 8.82. The van der Waals surface area contributed by atoms with Crippen molar-refractivity contribution >= 4 is 28.5 Å². The SMILES string of the molecule is CC(C)CNc1ccccc1Cn1c(Cl)nc2c1c(=O)n(C)c(=O)n2C. The van der Waals surface area contributed by atoms with Crippen LogP contribution in [0.3, 0.4) is 0 Å². The second kappa shape index (κ2) is 6.99. The fourth-order valence-electron chi connectivity index (χ4n) is 2.88. The number of aryl methyl sites for hydroxylation is 1. The highest BCUT2D eigenvalue weighted by Gasteiger charge is 2.19. The zero-order valence-corrected chi connectivity index (χ0v) is 16.0. The maximum atomic E-state index is 12.6. The molecule has 2 aromatic heterocycles. The summed E-state index contributed by atoms with van der Waals surface area (Å²) in [6, 6.07) is 7.88. The Morgan fingerprint density at radius 3 is 2.54 bits per heavy atom. The third kappa shape index (κ3) is 3.14. The number of aromatic nitrogens is 4. The second-order valence-corrected chi connectivity index (χ2v) is 7.11. The summed E-state index contributed by atoms with van der Waals surface area (Å²) < 4.78 is 4.05. The summed E-state index contributed by atoms with van der Waals surface area (Å²) in [6.45, 7) is 5.50. The van der Waals surface area contributed by atoms with Gasteiger partial charge in [0.25, 0.3) is 5.56 Å². The lowest BCUT2D eigenvalue weighted by Gasteiger charge is -2.15. The standard InChI is InChI=1S/C18H22ClN5O2/c1-11(2)9-20-13-8-6-5-7-12(13)10-24-14-15(21-17(24)19)22(3)18(26)23(4)16(14)25/h5-8,11,20H,9-10H2,1-4H3. The molecule has 0 saturated carbocycles. The van der Waals surface area contributed by atoms with Gasteiger partial charge < -0.3 is 9.88 Å². The van der Waals surface area contributed by atoms with Crippen LogP contribution in [0.1, 0.15) is 19.4 Å². The summed E-state index contributed by atoms with van der Waals surface area (Å²) in [4.78, 5) is 29.0. The lowest BCUT2D eigenvalue weighted by atomic mass is 10.1. The molecular weight excluding hydrogens is 354 g/mol. The van der Waals surface area contributed by atoms with Crippen molar-refractivity contribution < 1.29 is 0 Å². The first-order chi connectivity index (χ1) is 12.3. The minimum atomic E-state index is -0.428. The highest BCUT2D eigenvalue weighted by Crippen LogP contribution is 2.22. The number of hydrogen-bond acceptors (Lipinski definition) is 4. The maximum absolute atomic E-state index is 12.6. The number of rotatable bonds is 5. The van der Waals surface area contributed by atoms with E-state index < -0.39 is 11.2 Å². The smallest absolute Gasteiger partial charge is 0.332 e. The van der Waals surface area contributed by atoms with Crippen LogP contribution in [0.5, 0.6) is 0 Å². The van der Waals surface area contributed by atoms with Gasteiger partial charge in [0.15, 0.2) is 11.2 Å². The number of anilines is 1. The second-order valence-electron chi connectivity index (χ2n) is 6.78. The molecule has 0 bridgehead atoms. The van der Waals surface area contributed by atoms with Crippen LogP contribution < -0.4 is 16.6 Å². The Hall–Kier alpha value is -2.54. The predicted molar refractivity (Wildman–Crippen MR) is 104 cm³/mol. The molecule has 3 rings (SSSR count). The molecule has 0 saturated heterocycles. The molecule has 0 atom stereocenters. The van der Waals surface area contributed by atoms with E-state index in [1.807, 2.05) is 24.3 Å². The summed E-state index contributed by atoms with van der Waals surface area (Å²) in [5.41, 5.74) is 1.75. The first-order valence-electron chi connectivity index (χ1n) is 8.44. The van der Waals surface area contributed by atoms with Crippen LogP contribution in [-0.2, 0) is 20.6 Å². The quantitative estimate of drug-likeness (QED) is 0.694. The van der Waals surface area contributed by atoms with Crippen LogP contribution in [0.25, 0.3) is 11.2 Å². The Bertz CT molecular complexity index is 1080. The van der Waals surface area contributed by atoms with Gasteiger partial charge in [0, 0.05) is 26.3 Å². The zero-order chi connectivity index (χ0) is 19.0. The minimum Gasteiger partial charge on any atom is -0.385 e.